The number of amides is 2. The number of nitrogens with two attached hydrogens (primary N) is 1. The predicted molar refractivity (Wildman–Crippen MR) is 91.0 cm³/mol. The molecule has 5 heteroatoms. The first-order valence-electron chi connectivity index (χ1n) is 9.57. The second-order valence-electron chi connectivity index (χ2n) is 8.09. The number of piperidine rings is 1. The van der Waals surface area contributed by atoms with Crippen molar-refractivity contribution in [2.24, 2.45) is 23.5 Å². The topological polar surface area (TPSA) is 78.6 Å². The Bertz CT molecular complexity index is 394. The van der Waals surface area contributed by atoms with Crippen molar-refractivity contribution in [2.75, 3.05) is 19.6 Å². The third-order valence-corrected chi connectivity index (χ3v) is 6.01. The van der Waals surface area contributed by atoms with Gasteiger partial charge in [-0.25, -0.2) is 4.79 Å². The molecule has 0 aromatic carbocycles. The highest BCUT2D eigenvalue weighted by molar-refractivity contribution is 5.72. The van der Waals surface area contributed by atoms with Gasteiger partial charge in [-0.1, -0.05) is 19.3 Å². The minimum atomic E-state index is -0.319. The average Bonchev–Trinajstić information content (AvgIpc) is 3.38. The van der Waals surface area contributed by atoms with Gasteiger partial charge < -0.3 is 21.1 Å². The van der Waals surface area contributed by atoms with E-state index in [9.17, 15) is 9.90 Å². The summed E-state index contributed by atoms with van der Waals surface area (Å²) in [5.74, 6) is 1.67. The molecule has 0 bridgehead atoms. The van der Waals surface area contributed by atoms with Crippen LogP contribution in [0.2, 0.25) is 0 Å². The van der Waals surface area contributed by atoms with Crippen LogP contribution in [0.15, 0.2) is 0 Å². The number of primary amides is 1. The molecule has 23 heavy (non-hydrogen) atoms. The minimum absolute atomic E-state index is 0.188. The molecule has 0 spiro atoms. The van der Waals surface area contributed by atoms with Gasteiger partial charge in [0.05, 0.1) is 6.10 Å². The Labute approximate surface area is 140 Å². The van der Waals surface area contributed by atoms with Gasteiger partial charge in [0.2, 0.25) is 0 Å². The van der Waals surface area contributed by atoms with E-state index < -0.39 is 0 Å². The number of urea groups is 1. The molecule has 3 unspecified atom stereocenters. The molecule has 1 aliphatic heterocycles. The van der Waals surface area contributed by atoms with Crippen LogP contribution in [0.5, 0.6) is 0 Å². The molecule has 132 valence electrons. The van der Waals surface area contributed by atoms with Crippen LogP contribution in [0.25, 0.3) is 0 Å². The molecule has 4 N–H and O–H groups in total. The molecule has 3 fully saturated rings. The van der Waals surface area contributed by atoms with Crippen molar-refractivity contribution < 1.29 is 9.90 Å². The first-order valence-corrected chi connectivity index (χ1v) is 9.57. The molecule has 3 rings (SSSR count). The first kappa shape index (κ1) is 17.0. The maximum atomic E-state index is 11.6. The van der Waals surface area contributed by atoms with E-state index in [1.807, 2.05) is 0 Å². The van der Waals surface area contributed by atoms with Crippen LogP contribution >= 0.6 is 0 Å². The number of carbonyl (C=O) groups excluding carboxylic acids is 1. The van der Waals surface area contributed by atoms with Gasteiger partial charge in [-0.05, 0) is 62.8 Å². The van der Waals surface area contributed by atoms with Crippen molar-refractivity contribution in [3.8, 4) is 0 Å². The summed E-state index contributed by atoms with van der Waals surface area (Å²) >= 11 is 0. The maximum absolute atomic E-state index is 11.6. The van der Waals surface area contributed by atoms with Crippen molar-refractivity contribution in [2.45, 2.75) is 69.9 Å². The van der Waals surface area contributed by atoms with Gasteiger partial charge in [0.1, 0.15) is 0 Å². The molecule has 2 amide bonds. The normalized spacial score (nSPS) is 31.1. The van der Waals surface area contributed by atoms with E-state index in [-0.39, 0.29) is 12.1 Å². The molecule has 1 saturated heterocycles. The van der Waals surface area contributed by atoms with E-state index in [0.717, 1.165) is 44.7 Å². The molecular formula is C18H33N3O2. The number of likely N-dealkylation sites (tertiary alicyclic amines) is 1. The Morgan fingerprint density at radius 1 is 1.13 bits per heavy atom. The summed E-state index contributed by atoms with van der Waals surface area (Å²) in [5.41, 5.74) is 5.53. The molecule has 0 aromatic rings. The molecular weight excluding hydrogens is 290 g/mol. The van der Waals surface area contributed by atoms with E-state index in [1.165, 1.54) is 32.1 Å². The van der Waals surface area contributed by atoms with Crippen molar-refractivity contribution in [3.63, 3.8) is 0 Å². The molecule has 3 atom stereocenters. The Kier molecular flexibility index (Phi) is 5.81. The van der Waals surface area contributed by atoms with Crippen molar-refractivity contribution in [1.82, 2.24) is 10.2 Å². The van der Waals surface area contributed by atoms with E-state index in [4.69, 9.17) is 5.73 Å². The van der Waals surface area contributed by atoms with Gasteiger partial charge in [0, 0.05) is 19.1 Å². The zero-order chi connectivity index (χ0) is 16.2. The number of carbonyl (C=O) groups is 1. The van der Waals surface area contributed by atoms with Crippen molar-refractivity contribution in [3.05, 3.63) is 0 Å². The monoisotopic (exact) mass is 323 g/mol. The fourth-order valence-electron chi connectivity index (χ4n) is 4.44. The predicted octanol–water partition coefficient (Wildman–Crippen LogP) is 2.09. The van der Waals surface area contributed by atoms with Crippen LogP contribution in [-0.2, 0) is 0 Å². The van der Waals surface area contributed by atoms with Gasteiger partial charge >= 0.3 is 6.03 Å². The summed E-state index contributed by atoms with van der Waals surface area (Å²) in [6, 6.07) is 0.00894. The Morgan fingerprint density at radius 3 is 2.52 bits per heavy atom. The Balaban J connectivity index is 1.49. The van der Waals surface area contributed by atoms with E-state index in [1.54, 1.807) is 4.90 Å². The van der Waals surface area contributed by atoms with Gasteiger partial charge in [0.25, 0.3) is 0 Å². The maximum Gasteiger partial charge on any atom is 0.314 e. The SMILES string of the molecule is NC(=O)N1CC(CC(O)C2CC2)CC(NCC2CCCCC2)C1. The lowest BCUT2D eigenvalue weighted by Crippen LogP contribution is -2.53. The van der Waals surface area contributed by atoms with Crippen LogP contribution in [0.3, 0.4) is 0 Å². The van der Waals surface area contributed by atoms with Crippen molar-refractivity contribution >= 4 is 6.03 Å². The summed E-state index contributed by atoms with van der Waals surface area (Å²) in [5, 5.41) is 13.9. The number of rotatable bonds is 6. The molecule has 0 radical (unpaired) electrons. The molecule has 2 saturated carbocycles. The number of aliphatic hydroxyl groups is 1. The summed E-state index contributed by atoms with van der Waals surface area (Å²) in [6.45, 7) is 2.49. The van der Waals surface area contributed by atoms with E-state index >= 15 is 0 Å². The molecule has 1 heterocycles. The lowest BCUT2D eigenvalue weighted by molar-refractivity contribution is 0.0843. The lowest BCUT2D eigenvalue weighted by Gasteiger charge is -2.39. The highest BCUT2D eigenvalue weighted by Gasteiger charge is 2.35. The average molecular weight is 323 g/mol. The summed E-state index contributed by atoms with van der Waals surface area (Å²) in [6.07, 6.45) is 10.8. The highest BCUT2D eigenvalue weighted by Crippen LogP contribution is 2.36. The third kappa shape index (κ3) is 5.08. The van der Waals surface area contributed by atoms with Crippen LogP contribution in [0.4, 0.5) is 4.79 Å². The smallest absolute Gasteiger partial charge is 0.314 e. The molecule has 5 nitrogen and oxygen atoms in total. The second kappa shape index (κ2) is 7.84. The third-order valence-electron chi connectivity index (χ3n) is 6.01. The minimum Gasteiger partial charge on any atom is -0.393 e. The fourth-order valence-corrected chi connectivity index (χ4v) is 4.44. The van der Waals surface area contributed by atoms with Gasteiger partial charge in [0.15, 0.2) is 0 Å². The Hall–Kier alpha value is -0.810. The highest BCUT2D eigenvalue weighted by atomic mass is 16.3. The zero-order valence-electron chi connectivity index (χ0n) is 14.3. The summed E-state index contributed by atoms with van der Waals surface area (Å²) < 4.78 is 0. The van der Waals surface area contributed by atoms with Gasteiger partial charge in [-0.2, -0.15) is 0 Å². The standard InChI is InChI=1S/C18H33N3O2/c19-18(23)21-11-14(9-17(22)15-6-7-15)8-16(12-21)20-10-13-4-2-1-3-5-13/h13-17,20,22H,1-12H2,(H2,19,23). The van der Waals surface area contributed by atoms with Gasteiger partial charge in [-0.15, -0.1) is 0 Å². The lowest BCUT2D eigenvalue weighted by atomic mass is 9.86. The van der Waals surface area contributed by atoms with Crippen LogP contribution in [0.1, 0.15) is 57.8 Å². The quantitative estimate of drug-likeness (QED) is 0.700. The van der Waals surface area contributed by atoms with Crippen LogP contribution in [0, 0.1) is 17.8 Å². The number of nitrogens with zero attached hydrogens (tertiary/aromatic N) is 1. The number of nitrogens with one attached hydrogen (secondary N) is 1. The molecule has 2 aliphatic carbocycles. The molecule has 0 aromatic heterocycles. The van der Waals surface area contributed by atoms with Crippen LogP contribution in [-0.4, -0.2) is 47.8 Å². The van der Waals surface area contributed by atoms with Crippen LogP contribution < -0.4 is 11.1 Å². The second-order valence-corrected chi connectivity index (χ2v) is 8.09. The first-order chi connectivity index (χ1) is 11.1. The number of hydrogen-bond donors (Lipinski definition) is 3. The Morgan fingerprint density at radius 2 is 1.87 bits per heavy atom. The summed E-state index contributed by atoms with van der Waals surface area (Å²) in [4.78, 5) is 13.4. The van der Waals surface area contributed by atoms with E-state index in [0.29, 0.717) is 24.4 Å². The van der Waals surface area contributed by atoms with Gasteiger partial charge in [-0.3, -0.25) is 0 Å². The largest absolute Gasteiger partial charge is 0.393 e. The van der Waals surface area contributed by atoms with Crippen molar-refractivity contribution in [1.29, 1.82) is 0 Å². The summed E-state index contributed by atoms with van der Waals surface area (Å²) in [7, 11) is 0. The fraction of sp³-hybridized carbons (Fsp3) is 0.944. The number of hydrogen-bond acceptors (Lipinski definition) is 3. The number of aliphatic hydroxyl groups excluding tert-OH is 1. The van der Waals surface area contributed by atoms with E-state index in [2.05, 4.69) is 5.32 Å². The zero-order valence-corrected chi connectivity index (χ0v) is 14.3. The molecule has 3 aliphatic rings.